The molecule has 0 aliphatic rings. The predicted octanol–water partition coefficient (Wildman–Crippen LogP) is 2.58. The van der Waals surface area contributed by atoms with Crippen molar-refractivity contribution in [3.63, 3.8) is 0 Å². The summed E-state index contributed by atoms with van der Waals surface area (Å²) in [7, 11) is 4.62. The summed E-state index contributed by atoms with van der Waals surface area (Å²) in [4.78, 5) is 0. The van der Waals surface area contributed by atoms with Gasteiger partial charge in [0.25, 0.3) is 0 Å². The molecule has 0 bridgehead atoms. The molecule has 0 spiro atoms. The summed E-state index contributed by atoms with van der Waals surface area (Å²) in [5.41, 5.74) is 0.657. The second kappa shape index (κ2) is 6.33. The minimum atomic E-state index is 0.157. The smallest absolute Gasteiger partial charge is 0.320 e. The standard InChI is InChI=1S/C12H14ClN3O4/c1-17-8-4-7(5-9(18-2)11(8)19-3)14-12-16-15-10(6-13)20-12/h4-5H,6H2,1-3H3,(H,14,16). The number of nitrogens with zero attached hydrogens (tertiary/aromatic N) is 2. The Bertz CT molecular complexity index is 563. The van der Waals surface area contributed by atoms with E-state index in [1.807, 2.05) is 0 Å². The van der Waals surface area contributed by atoms with Gasteiger partial charge in [0.05, 0.1) is 27.0 Å². The van der Waals surface area contributed by atoms with Gasteiger partial charge in [-0.25, -0.2) is 0 Å². The molecule has 1 N–H and O–H groups in total. The molecule has 7 nitrogen and oxygen atoms in total. The van der Waals surface area contributed by atoms with Crippen molar-refractivity contribution in [3.05, 3.63) is 18.0 Å². The number of nitrogens with one attached hydrogen (secondary N) is 1. The number of hydrogen-bond donors (Lipinski definition) is 1. The third-order valence-corrected chi connectivity index (χ3v) is 2.73. The van der Waals surface area contributed by atoms with Crippen LogP contribution in [0.3, 0.4) is 0 Å². The molecule has 8 heteroatoms. The molecule has 1 heterocycles. The fraction of sp³-hybridized carbons (Fsp3) is 0.333. The summed E-state index contributed by atoms with van der Waals surface area (Å²) in [6.07, 6.45) is 0. The molecule has 0 unspecified atom stereocenters. The van der Waals surface area contributed by atoms with Crippen LogP contribution in [-0.4, -0.2) is 31.5 Å². The highest BCUT2D eigenvalue weighted by atomic mass is 35.5. The number of ether oxygens (including phenoxy) is 3. The Morgan fingerprint density at radius 1 is 1.10 bits per heavy atom. The van der Waals surface area contributed by atoms with Gasteiger partial charge in [-0.2, -0.15) is 0 Å². The van der Waals surface area contributed by atoms with Gasteiger partial charge in [-0.05, 0) is 0 Å². The molecule has 0 aliphatic carbocycles. The van der Waals surface area contributed by atoms with Crippen molar-refractivity contribution >= 4 is 23.3 Å². The largest absolute Gasteiger partial charge is 0.493 e. The van der Waals surface area contributed by atoms with Crippen LogP contribution in [0, 0.1) is 0 Å². The third-order valence-electron chi connectivity index (χ3n) is 2.50. The molecule has 1 aromatic carbocycles. The Balaban J connectivity index is 2.31. The van der Waals surface area contributed by atoms with Crippen LogP contribution in [0.2, 0.25) is 0 Å². The number of halogens is 1. The maximum Gasteiger partial charge on any atom is 0.320 e. The summed E-state index contributed by atoms with van der Waals surface area (Å²) in [6, 6.07) is 3.69. The first-order valence-corrected chi connectivity index (χ1v) is 6.20. The SMILES string of the molecule is COc1cc(Nc2nnc(CCl)o2)cc(OC)c1OC. The molecule has 20 heavy (non-hydrogen) atoms. The molecule has 0 aliphatic heterocycles. The second-order valence-corrected chi connectivity index (χ2v) is 3.94. The van der Waals surface area contributed by atoms with Gasteiger partial charge in [0.2, 0.25) is 11.6 Å². The molecular formula is C12H14ClN3O4. The van der Waals surface area contributed by atoms with E-state index in [1.165, 1.54) is 7.11 Å². The molecule has 0 atom stereocenters. The van der Waals surface area contributed by atoms with E-state index < -0.39 is 0 Å². The Kier molecular flexibility index (Phi) is 4.52. The van der Waals surface area contributed by atoms with E-state index in [0.29, 0.717) is 28.8 Å². The molecule has 0 saturated heterocycles. The average molecular weight is 300 g/mol. The zero-order valence-corrected chi connectivity index (χ0v) is 12.0. The van der Waals surface area contributed by atoms with Gasteiger partial charge in [-0.1, -0.05) is 5.10 Å². The van der Waals surface area contributed by atoms with Crippen LogP contribution >= 0.6 is 11.6 Å². The van der Waals surface area contributed by atoms with E-state index in [9.17, 15) is 0 Å². The van der Waals surface area contributed by atoms with Gasteiger partial charge in [-0.15, -0.1) is 16.7 Å². The maximum atomic E-state index is 5.60. The number of alkyl halides is 1. The molecule has 2 aromatic rings. The molecule has 0 saturated carbocycles. The first-order chi connectivity index (χ1) is 9.71. The molecule has 1 aromatic heterocycles. The van der Waals surface area contributed by atoms with Crippen molar-refractivity contribution in [2.75, 3.05) is 26.6 Å². The van der Waals surface area contributed by atoms with Gasteiger partial charge in [-0.3, -0.25) is 0 Å². The lowest BCUT2D eigenvalue weighted by molar-refractivity contribution is 0.324. The van der Waals surface area contributed by atoms with Gasteiger partial charge >= 0.3 is 6.01 Å². The lowest BCUT2D eigenvalue weighted by Crippen LogP contribution is -1.98. The highest BCUT2D eigenvalue weighted by Crippen LogP contribution is 2.40. The summed E-state index contributed by atoms with van der Waals surface area (Å²) in [5.74, 6) is 2.04. The summed E-state index contributed by atoms with van der Waals surface area (Å²) < 4.78 is 21.0. The van der Waals surface area contributed by atoms with Crippen LogP contribution in [0.25, 0.3) is 0 Å². The van der Waals surface area contributed by atoms with Crippen LogP contribution in [0.4, 0.5) is 11.7 Å². The number of rotatable bonds is 6. The zero-order chi connectivity index (χ0) is 14.5. The minimum absolute atomic E-state index is 0.157. The van der Waals surface area contributed by atoms with Gasteiger partial charge in [0, 0.05) is 12.1 Å². The average Bonchev–Trinajstić information content (AvgIpc) is 2.93. The molecule has 108 valence electrons. The van der Waals surface area contributed by atoms with E-state index in [1.54, 1.807) is 26.4 Å². The van der Waals surface area contributed by atoms with E-state index in [0.717, 1.165) is 0 Å². The monoisotopic (exact) mass is 299 g/mol. The molecule has 0 radical (unpaired) electrons. The predicted molar refractivity (Wildman–Crippen MR) is 73.2 cm³/mol. The van der Waals surface area contributed by atoms with Crippen molar-refractivity contribution in [3.8, 4) is 17.2 Å². The summed E-state index contributed by atoms with van der Waals surface area (Å²) >= 11 is 5.60. The number of benzene rings is 1. The topological polar surface area (TPSA) is 78.6 Å². The van der Waals surface area contributed by atoms with E-state index in [2.05, 4.69) is 15.5 Å². The Morgan fingerprint density at radius 3 is 2.20 bits per heavy atom. The van der Waals surface area contributed by atoms with Gasteiger partial charge in [0.15, 0.2) is 11.5 Å². The van der Waals surface area contributed by atoms with Crippen molar-refractivity contribution < 1.29 is 18.6 Å². The van der Waals surface area contributed by atoms with Crippen LogP contribution in [0.5, 0.6) is 17.2 Å². The zero-order valence-electron chi connectivity index (χ0n) is 11.3. The molecule has 0 amide bonds. The van der Waals surface area contributed by atoms with Crippen molar-refractivity contribution in [2.24, 2.45) is 0 Å². The lowest BCUT2D eigenvalue weighted by Gasteiger charge is -2.13. The van der Waals surface area contributed by atoms with Crippen molar-refractivity contribution in [1.82, 2.24) is 10.2 Å². The summed E-state index contributed by atoms with van der Waals surface area (Å²) in [6.45, 7) is 0. The highest BCUT2D eigenvalue weighted by molar-refractivity contribution is 6.16. The highest BCUT2D eigenvalue weighted by Gasteiger charge is 2.14. The van der Waals surface area contributed by atoms with Crippen LogP contribution < -0.4 is 19.5 Å². The normalized spacial score (nSPS) is 10.2. The summed E-state index contributed by atoms with van der Waals surface area (Å²) in [5, 5.41) is 10.5. The van der Waals surface area contributed by atoms with Gasteiger partial charge in [0.1, 0.15) is 5.88 Å². The Morgan fingerprint density at radius 2 is 1.75 bits per heavy atom. The molecule has 0 fully saturated rings. The van der Waals surface area contributed by atoms with Crippen molar-refractivity contribution in [1.29, 1.82) is 0 Å². The fourth-order valence-electron chi connectivity index (χ4n) is 1.63. The quantitative estimate of drug-likeness (QED) is 0.821. The second-order valence-electron chi connectivity index (χ2n) is 3.67. The van der Waals surface area contributed by atoms with Crippen LogP contribution in [0.1, 0.15) is 5.89 Å². The number of anilines is 2. The first-order valence-electron chi connectivity index (χ1n) is 5.67. The number of aromatic nitrogens is 2. The van der Waals surface area contributed by atoms with Crippen LogP contribution in [0.15, 0.2) is 16.5 Å². The van der Waals surface area contributed by atoms with Gasteiger partial charge < -0.3 is 23.9 Å². The third kappa shape index (κ3) is 2.88. The molecule has 2 rings (SSSR count). The first kappa shape index (κ1) is 14.3. The van der Waals surface area contributed by atoms with E-state index >= 15 is 0 Å². The lowest BCUT2D eigenvalue weighted by atomic mass is 10.2. The number of hydrogen-bond acceptors (Lipinski definition) is 7. The maximum absolute atomic E-state index is 5.60. The Labute approximate surface area is 120 Å². The van der Waals surface area contributed by atoms with E-state index in [-0.39, 0.29) is 11.9 Å². The van der Waals surface area contributed by atoms with Crippen LogP contribution in [-0.2, 0) is 5.88 Å². The number of methoxy groups -OCH3 is 3. The van der Waals surface area contributed by atoms with Crippen molar-refractivity contribution in [2.45, 2.75) is 5.88 Å². The Hall–Kier alpha value is -2.15. The molecular weight excluding hydrogens is 286 g/mol. The minimum Gasteiger partial charge on any atom is -0.493 e. The fourth-order valence-corrected chi connectivity index (χ4v) is 1.74. The van der Waals surface area contributed by atoms with E-state index in [4.69, 9.17) is 30.2 Å².